The van der Waals surface area contributed by atoms with Crippen LogP contribution in [-0.2, 0) is 0 Å². The zero-order chi connectivity index (χ0) is 12.3. The SMILES string of the molecule is Cc1cc(C(CO)N2CCNCC2)ccc1F. The van der Waals surface area contributed by atoms with E-state index < -0.39 is 0 Å². The molecule has 0 aromatic heterocycles. The van der Waals surface area contributed by atoms with Gasteiger partial charge in [0, 0.05) is 26.2 Å². The molecule has 2 N–H and O–H groups in total. The van der Waals surface area contributed by atoms with Gasteiger partial charge in [0.05, 0.1) is 12.6 Å². The highest BCUT2D eigenvalue weighted by Crippen LogP contribution is 2.22. The molecule has 0 radical (unpaired) electrons. The Labute approximate surface area is 101 Å². The van der Waals surface area contributed by atoms with Crippen LogP contribution in [0.25, 0.3) is 0 Å². The predicted molar refractivity (Wildman–Crippen MR) is 65.4 cm³/mol. The highest BCUT2D eigenvalue weighted by molar-refractivity contribution is 5.26. The quantitative estimate of drug-likeness (QED) is 0.827. The smallest absolute Gasteiger partial charge is 0.126 e. The van der Waals surface area contributed by atoms with Crippen LogP contribution in [0.1, 0.15) is 17.2 Å². The molecule has 1 saturated heterocycles. The molecule has 1 aromatic carbocycles. The van der Waals surface area contributed by atoms with Gasteiger partial charge in [-0.25, -0.2) is 4.39 Å². The average molecular weight is 238 g/mol. The summed E-state index contributed by atoms with van der Waals surface area (Å²) >= 11 is 0. The Hall–Kier alpha value is -0.970. The molecule has 17 heavy (non-hydrogen) atoms. The van der Waals surface area contributed by atoms with Crippen molar-refractivity contribution in [3.05, 3.63) is 35.1 Å². The van der Waals surface area contributed by atoms with Gasteiger partial charge in [0.2, 0.25) is 0 Å². The van der Waals surface area contributed by atoms with Gasteiger partial charge in [0.25, 0.3) is 0 Å². The lowest BCUT2D eigenvalue weighted by Gasteiger charge is -2.34. The molecule has 0 saturated carbocycles. The van der Waals surface area contributed by atoms with Crippen molar-refractivity contribution >= 4 is 0 Å². The summed E-state index contributed by atoms with van der Waals surface area (Å²) in [4.78, 5) is 2.24. The summed E-state index contributed by atoms with van der Waals surface area (Å²) in [7, 11) is 0. The minimum absolute atomic E-state index is 0.0172. The van der Waals surface area contributed by atoms with Gasteiger partial charge < -0.3 is 10.4 Å². The molecule has 1 fully saturated rings. The Morgan fingerprint density at radius 2 is 2.12 bits per heavy atom. The number of nitrogens with one attached hydrogen (secondary N) is 1. The van der Waals surface area contributed by atoms with Gasteiger partial charge in [-0.15, -0.1) is 0 Å². The minimum atomic E-state index is -0.189. The number of rotatable bonds is 3. The number of hydrogen-bond acceptors (Lipinski definition) is 3. The Morgan fingerprint density at radius 3 is 2.71 bits per heavy atom. The van der Waals surface area contributed by atoms with E-state index in [1.165, 1.54) is 6.07 Å². The number of piperazine rings is 1. The van der Waals surface area contributed by atoms with E-state index in [0.717, 1.165) is 31.7 Å². The third kappa shape index (κ3) is 2.83. The molecule has 1 aromatic rings. The van der Waals surface area contributed by atoms with Crippen molar-refractivity contribution in [1.29, 1.82) is 0 Å². The third-order valence-corrected chi connectivity index (χ3v) is 3.33. The second-order valence-corrected chi connectivity index (χ2v) is 4.49. The first-order valence-corrected chi connectivity index (χ1v) is 6.04. The van der Waals surface area contributed by atoms with Crippen molar-refractivity contribution in [2.45, 2.75) is 13.0 Å². The molecule has 0 amide bonds. The van der Waals surface area contributed by atoms with E-state index in [9.17, 15) is 9.50 Å². The van der Waals surface area contributed by atoms with E-state index in [1.54, 1.807) is 13.0 Å². The van der Waals surface area contributed by atoms with E-state index in [1.807, 2.05) is 6.07 Å². The van der Waals surface area contributed by atoms with Crippen molar-refractivity contribution in [2.75, 3.05) is 32.8 Å². The molecule has 3 nitrogen and oxygen atoms in total. The van der Waals surface area contributed by atoms with Crippen molar-refractivity contribution < 1.29 is 9.50 Å². The molecule has 0 spiro atoms. The van der Waals surface area contributed by atoms with Crippen molar-refractivity contribution in [3.63, 3.8) is 0 Å². The highest BCUT2D eigenvalue weighted by Gasteiger charge is 2.21. The standard InChI is InChI=1S/C13H19FN2O/c1-10-8-11(2-3-12(10)14)13(9-17)16-6-4-15-5-7-16/h2-3,8,13,15,17H,4-7,9H2,1H3. The molecule has 0 bridgehead atoms. The lowest BCUT2D eigenvalue weighted by atomic mass is 10.0. The first kappa shape index (κ1) is 12.5. The number of aliphatic hydroxyl groups excluding tert-OH is 1. The molecule has 0 aliphatic carbocycles. The summed E-state index contributed by atoms with van der Waals surface area (Å²) in [5, 5.41) is 12.8. The van der Waals surface area contributed by atoms with Crippen LogP contribution in [0.4, 0.5) is 4.39 Å². The van der Waals surface area contributed by atoms with E-state index in [4.69, 9.17) is 0 Å². The number of aliphatic hydroxyl groups is 1. The van der Waals surface area contributed by atoms with Gasteiger partial charge >= 0.3 is 0 Å². The molecular weight excluding hydrogens is 219 g/mol. The Balaban J connectivity index is 2.18. The van der Waals surface area contributed by atoms with Crippen molar-refractivity contribution in [1.82, 2.24) is 10.2 Å². The summed E-state index contributed by atoms with van der Waals surface area (Å²) in [6, 6.07) is 5.07. The Morgan fingerprint density at radius 1 is 1.41 bits per heavy atom. The van der Waals surface area contributed by atoms with Gasteiger partial charge in [0.15, 0.2) is 0 Å². The number of halogens is 1. The number of nitrogens with zero attached hydrogens (tertiary/aromatic N) is 1. The fraction of sp³-hybridized carbons (Fsp3) is 0.538. The van der Waals surface area contributed by atoms with Crippen LogP contribution < -0.4 is 5.32 Å². The van der Waals surface area contributed by atoms with E-state index in [0.29, 0.717) is 5.56 Å². The normalized spacial score (nSPS) is 19.2. The van der Waals surface area contributed by atoms with Crippen LogP contribution in [-0.4, -0.2) is 42.8 Å². The van der Waals surface area contributed by atoms with Crippen LogP contribution in [0.5, 0.6) is 0 Å². The number of hydrogen-bond donors (Lipinski definition) is 2. The number of aryl methyl sites for hydroxylation is 1. The second-order valence-electron chi connectivity index (χ2n) is 4.49. The molecule has 1 aliphatic heterocycles. The maximum absolute atomic E-state index is 13.2. The van der Waals surface area contributed by atoms with Gasteiger partial charge in [-0.1, -0.05) is 12.1 Å². The Bertz CT molecular complexity index is 378. The van der Waals surface area contributed by atoms with Crippen LogP contribution in [0, 0.1) is 12.7 Å². The predicted octanol–water partition coefficient (Wildman–Crippen LogP) is 1.07. The molecule has 1 aliphatic rings. The molecule has 1 atom stereocenters. The lowest BCUT2D eigenvalue weighted by Crippen LogP contribution is -2.46. The monoisotopic (exact) mass is 238 g/mol. The molecule has 1 heterocycles. The van der Waals surface area contributed by atoms with Gasteiger partial charge in [-0.2, -0.15) is 0 Å². The summed E-state index contributed by atoms with van der Waals surface area (Å²) < 4.78 is 13.2. The van der Waals surface area contributed by atoms with E-state index in [2.05, 4.69) is 10.2 Å². The number of benzene rings is 1. The second kappa shape index (κ2) is 5.58. The van der Waals surface area contributed by atoms with Crippen LogP contribution in [0.3, 0.4) is 0 Å². The fourth-order valence-corrected chi connectivity index (χ4v) is 2.30. The highest BCUT2D eigenvalue weighted by atomic mass is 19.1. The summed E-state index contributed by atoms with van der Waals surface area (Å²) in [6.45, 7) is 5.55. The van der Waals surface area contributed by atoms with Crippen LogP contribution in [0.2, 0.25) is 0 Å². The molecule has 4 heteroatoms. The maximum Gasteiger partial charge on any atom is 0.126 e. The Kier molecular flexibility index (Phi) is 4.10. The molecule has 2 rings (SSSR count). The largest absolute Gasteiger partial charge is 0.394 e. The van der Waals surface area contributed by atoms with Crippen LogP contribution >= 0.6 is 0 Å². The van der Waals surface area contributed by atoms with E-state index >= 15 is 0 Å². The van der Waals surface area contributed by atoms with E-state index in [-0.39, 0.29) is 18.5 Å². The average Bonchev–Trinajstić information content (AvgIpc) is 2.36. The molecule has 94 valence electrons. The zero-order valence-electron chi connectivity index (χ0n) is 10.1. The first-order valence-electron chi connectivity index (χ1n) is 6.04. The maximum atomic E-state index is 13.2. The molecular formula is C13H19FN2O. The van der Waals surface area contributed by atoms with Gasteiger partial charge in [0.1, 0.15) is 5.82 Å². The fourth-order valence-electron chi connectivity index (χ4n) is 2.30. The minimum Gasteiger partial charge on any atom is -0.394 e. The lowest BCUT2D eigenvalue weighted by molar-refractivity contribution is 0.111. The van der Waals surface area contributed by atoms with Crippen LogP contribution in [0.15, 0.2) is 18.2 Å². The summed E-state index contributed by atoms with van der Waals surface area (Å²) in [5.41, 5.74) is 1.63. The summed E-state index contributed by atoms with van der Waals surface area (Å²) in [5.74, 6) is -0.189. The topological polar surface area (TPSA) is 35.5 Å². The van der Waals surface area contributed by atoms with Crippen molar-refractivity contribution in [2.24, 2.45) is 0 Å². The third-order valence-electron chi connectivity index (χ3n) is 3.33. The zero-order valence-corrected chi connectivity index (χ0v) is 10.1. The molecule has 1 unspecified atom stereocenters. The van der Waals surface area contributed by atoms with Gasteiger partial charge in [-0.05, 0) is 24.1 Å². The van der Waals surface area contributed by atoms with Gasteiger partial charge in [-0.3, -0.25) is 4.90 Å². The summed E-state index contributed by atoms with van der Waals surface area (Å²) in [6.07, 6.45) is 0. The van der Waals surface area contributed by atoms with Crippen molar-refractivity contribution in [3.8, 4) is 0 Å². The first-order chi connectivity index (χ1) is 8.22.